The first-order valence-corrected chi connectivity index (χ1v) is 12.5. The van der Waals surface area contributed by atoms with Crippen LogP contribution in [0.25, 0.3) is 22.5 Å². The van der Waals surface area contributed by atoms with Gasteiger partial charge in [0.1, 0.15) is 0 Å². The predicted octanol–water partition coefficient (Wildman–Crippen LogP) is 5.04. The number of imidazole rings is 1. The smallest absolute Gasteiger partial charge is 0.326 e. The van der Waals surface area contributed by atoms with E-state index in [9.17, 15) is 9.59 Å². The standard InChI is InChI=1S/C29H29N5O5/c1-16(35)30-21-12-10-17-14-24(37-2)26(38-3)27(39-4)25(17)19-11-13-22-23(15-20(19)21)33-28(32-22)34-29(36)31-18-8-6-5-7-9-18/h5-9,11,13-15,21H,10,12H2,1-4H3,(H,30,35)(H2,31,32,33,34,36). The Bertz CT molecular complexity index is 1510. The molecule has 200 valence electrons. The largest absolute Gasteiger partial charge is 0.493 e. The van der Waals surface area contributed by atoms with Crippen LogP contribution in [-0.2, 0) is 11.2 Å². The number of para-hydroxylation sites is 1. The lowest BCUT2D eigenvalue weighted by molar-refractivity contribution is -0.119. The molecule has 3 N–H and O–H groups in total. The molecule has 0 fully saturated rings. The second-order valence-corrected chi connectivity index (χ2v) is 9.08. The molecule has 2 aromatic carbocycles. The summed E-state index contributed by atoms with van der Waals surface area (Å²) in [7, 11) is 4.75. The Morgan fingerprint density at radius 1 is 0.872 bits per heavy atom. The van der Waals surface area contributed by atoms with Crippen molar-refractivity contribution in [2.24, 2.45) is 0 Å². The highest BCUT2D eigenvalue weighted by Crippen LogP contribution is 2.50. The van der Waals surface area contributed by atoms with Crippen molar-refractivity contribution >= 4 is 23.6 Å². The molecule has 0 aromatic heterocycles. The third kappa shape index (κ3) is 5.13. The summed E-state index contributed by atoms with van der Waals surface area (Å²) in [6.45, 7) is 1.50. The number of carbonyl (C=O) groups is 2. The maximum atomic E-state index is 12.5. The topological polar surface area (TPSA) is 124 Å². The number of amides is 3. The molecule has 1 unspecified atom stereocenters. The van der Waals surface area contributed by atoms with Gasteiger partial charge in [-0.3, -0.25) is 10.1 Å². The highest BCUT2D eigenvalue weighted by molar-refractivity contribution is 5.99. The van der Waals surface area contributed by atoms with E-state index in [4.69, 9.17) is 14.2 Å². The van der Waals surface area contributed by atoms with E-state index in [1.807, 2.05) is 42.5 Å². The van der Waals surface area contributed by atoms with E-state index in [0.29, 0.717) is 47.2 Å². The van der Waals surface area contributed by atoms with Gasteiger partial charge in [0.05, 0.1) is 38.8 Å². The fourth-order valence-electron chi connectivity index (χ4n) is 4.99. The van der Waals surface area contributed by atoms with Crippen LogP contribution in [0.2, 0.25) is 0 Å². The third-order valence-corrected chi connectivity index (χ3v) is 6.62. The minimum atomic E-state index is -0.449. The van der Waals surface area contributed by atoms with Crippen molar-refractivity contribution < 1.29 is 23.8 Å². The number of hydrogen-bond donors (Lipinski definition) is 3. The zero-order valence-electron chi connectivity index (χ0n) is 22.1. The normalized spacial score (nSPS) is 13.9. The predicted molar refractivity (Wildman–Crippen MR) is 148 cm³/mol. The average Bonchev–Trinajstić information content (AvgIpc) is 3.13. The van der Waals surface area contributed by atoms with Gasteiger partial charge < -0.3 is 24.8 Å². The Morgan fingerprint density at radius 2 is 1.62 bits per heavy atom. The quantitative estimate of drug-likeness (QED) is 0.321. The molecule has 39 heavy (non-hydrogen) atoms. The number of benzene rings is 2. The van der Waals surface area contributed by atoms with Gasteiger partial charge in [-0.25, -0.2) is 14.8 Å². The Kier molecular flexibility index (Phi) is 7.18. The number of methoxy groups -OCH3 is 3. The van der Waals surface area contributed by atoms with Gasteiger partial charge in [-0.05, 0) is 59.9 Å². The van der Waals surface area contributed by atoms with Crippen molar-refractivity contribution in [3.63, 3.8) is 0 Å². The van der Waals surface area contributed by atoms with Gasteiger partial charge in [0.25, 0.3) is 0 Å². The van der Waals surface area contributed by atoms with Crippen LogP contribution >= 0.6 is 0 Å². The molecule has 10 heteroatoms. The summed E-state index contributed by atoms with van der Waals surface area (Å²) in [5, 5.41) is 8.54. The van der Waals surface area contributed by atoms with Gasteiger partial charge in [-0.1, -0.05) is 24.3 Å². The van der Waals surface area contributed by atoms with Crippen molar-refractivity contribution in [2.75, 3.05) is 32.0 Å². The Morgan fingerprint density at radius 3 is 2.31 bits per heavy atom. The zero-order valence-corrected chi connectivity index (χ0v) is 22.1. The highest BCUT2D eigenvalue weighted by Gasteiger charge is 2.30. The van der Waals surface area contributed by atoms with E-state index >= 15 is 0 Å². The molecule has 1 heterocycles. The first-order chi connectivity index (χ1) is 18.9. The number of nitrogens with one attached hydrogen (secondary N) is 3. The van der Waals surface area contributed by atoms with Gasteiger partial charge >= 0.3 is 6.03 Å². The summed E-state index contributed by atoms with van der Waals surface area (Å²) in [6.07, 6.45) is 1.31. The van der Waals surface area contributed by atoms with Gasteiger partial charge in [0, 0.05) is 18.2 Å². The molecule has 1 atom stereocenters. The van der Waals surface area contributed by atoms with Crippen LogP contribution < -0.4 is 30.2 Å². The van der Waals surface area contributed by atoms with Crippen LogP contribution in [0.3, 0.4) is 0 Å². The molecule has 2 aliphatic carbocycles. The Labute approximate surface area is 226 Å². The minimum absolute atomic E-state index is 0.143. The molecule has 1 aliphatic heterocycles. The summed E-state index contributed by atoms with van der Waals surface area (Å²) < 4.78 is 17.1. The van der Waals surface area contributed by atoms with E-state index in [1.54, 1.807) is 33.5 Å². The number of nitrogens with zero attached hydrogens (tertiary/aromatic N) is 2. The number of rotatable bonds is 6. The van der Waals surface area contributed by atoms with E-state index in [-0.39, 0.29) is 17.9 Å². The number of fused-ring (bicyclic) bond motifs is 4. The number of carbonyl (C=O) groups excluding carboxylic acids is 2. The number of urea groups is 1. The Hall–Kier alpha value is -4.86. The molecule has 0 saturated heterocycles. The van der Waals surface area contributed by atoms with E-state index in [2.05, 4.69) is 25.9 Å². The number of ether oxygens (including phenoxy) is 3. The highest BCUT2D eigenvalue weighted by atomic mass is 16.5. The average molecular weight is 528 g/mol. The van der Waals surface area contributed by atoms with E-state index in [1.165, 1.54) is 6.92 Å². The molecule has 0 radical (unpaired) electrons. The maximum absolute atomic E-state index is 12.5. The molecule has 0 bridgehead atoms. The number of aromatic nitrogens is 2. The second kappa shape index (κ2) is 10.9. The SMILES string of the molecule is COc1cc2c(c(OC)c1OC)-c1ccc3nc(NC(=O)Nc4ccccc4)nc-3cc1C(NC(C)=O)CC2. The summed E-state index contributed by atoms with van der Waals surface area (Å²) in [6, 6.07) is 16.0. The lowest BCUT2D eigenvalue weighted by atomic mass is 9.95. The molecular formula is C29H29N5O5. The number of aryl methyl sites for hydroxylation is 1. The minimum Gasteiger partial charge on any atom is -0.493 e. The molecule has 0 saturated carbocycles. The maximum Gasteiger partial charge on any atom is 0.326 e. The van der Waals surface area contributed by atoms with Gasteiger partial charge in [0.15, 0.2) is 11.5 Å². The van der Waals surface area contributed by atoms with Gasteiger partial charge in [-0.2, -0.15) is 0 Å². The molecule has 2 aromatic rings. The Balaban J connectivity index is 1.61. The third-order valence-electron chi connectivity index (χ3n) is 6.62. The van der Waals surface area contributed by atoms with Crippen LogP contribution in [0, 0.1) is 0 Å². The summed E-state index contributed by atoms with van der Waals surface area (Å²) >= 11 is 0. The first-order valence-electron chi connectivity index (χ1n) is 12.5. The van der Waals surface area contributed by atoms with Crippen LogP contribution in [0.15, 0.2) is 54.6 Å². The second-order valence-electron chi connectivity index (χ2n) is 9.08. The fraction of sp³-hybridized carbons (Fsp3) is 0.241. The van der Waals surface area contributed by atoms with E-state index < -0.39 is 6.03 Å². The molecule has 3 amide bonds. The van der Waals surface area contributed by atoms with Crippen molar-refractivity contribution in [2.45, 2.75) is 25.8 Å². The van der Waals surface area contributed by atoms with Crippen LogP contribution in [0.4, 0.5) is 16.4 Å². The lowest BCUT2D eigenvalue weighted by Crippen LogP contribution is -2.26. The number of anilines is 2. The van der Waals surface area contributed by atoms with Crippen molar-refractivity contribution in [3.8, 4) is 39.8 Å². The molecule has 3 aliphatic rings. The first kappa shape index (κ1) is 25.8. The van der Waals surface area contributed by atoms with Crippen LogP contribution in [0.1, 0.15) is 30.5 Å². The number of hydrogen-bond acceptors (Lipinski definition) is 7. The molecule has 10 nitrogen and oxygen atoms in total. The van der Waals surface area contributed by atoms with Gasteiger partial charge in [-0.15, -0.1) is 0 Å². The van der Waals surface area contributed by atoms with E-state index in [0.717, 1.165) is 22.3 Å². The van der Waals surface area contributed by atoms with Crippen LogP contribution in [-0.4, -0.2) is 43.2 Å². The van der Waals surface area contributed by atoms with Gasteiger partial charge in [0.2, 0.25) is 17.6 Å². The summed E-state index contributed by atoms with van der Waals surface area (Å²) in [5.74, 6) is 1.63. The zero-order chi connectivity index (χ0) is 27.5. The monoisotopic (exact) mass is 527 g/mol. The molecular weight excluding hydrogens is 498 g/mol. The fourth-order valence-corrected chi connectivity index (χ4v) is 4.99. The summed E-state index contributed by atoms with van der Waals surface area (Å²) in [4.78, 5) is 33.8. The lowest BCUT2D eigenvalue weighted by Gasteiger charge is -2.19. The molecule has 5 rings (SSSR count). The molecule has 0 spiro atoms. The van der Waals surface area contributed by atoms with Crippen molar-refractivity contribution in [1.29, 1.82) is 0 Å². The van der Waals surface area contributed by atoms with Crippen LogP contribution in [0.5, 0.6) is 17.2 Å². The van der Waals surface area contributed by atoms with Crippen molar-refractivity contribution in [1.82, 2.24) is 15.3 Å². The van der Waals surface area contributed by atoms with Crippen molar-refractivity contribution in [3.05, 3.63) is 65.7 Å². The summed E-state index contributed by atoms with van der Waals surface area (Å²) in [5.41, 5.74) is 5.38.